The fourth-order valence-corrected chi connectivity index (χ4v) is 0.189. The number of aliphatic hydroxyl groups excluding tert-OH is 1. The van der Waals surface area contributed by atoms with Crippen LogP contribution in [-0.2, 0) is 4.79 Å². The van der Waals surface area contributed by atoms with Crippen molar-refractivity contribution in [2.75, 3.05) is 6.51 Å². The second kappa shape index (κ2) is 3.68. The summed E-state index contributed by atoms with van der Waals surface area (Å²) in [4.78, 5) is 9.95. The second-order valence-electron chi connectivity index (χ2n) is 1.09. The van der Waals surface area contributed by atoms with Crippen molar-refractivity contribution in [3.63, 3.8) is 0 Å². The molecule has 0 saturated carbocycles. The quantitative estimate of drug-likeness (QED) is 0.423. The summed E-state index contributed by atoms with van der Waals surface area (Å²) in [6.07, 6.45) is 0. The Morgan fingerprint density at radius 2 is 2.57 bits per heavy atom. The second-order valence-corrected chi connectivity index (χ2v) is 1.09. The average molecular weight is 99.9 g/mol. The van der Waals surface area contributed by atoms with Crippen LogP contribution in [-0.4, -0.2) is 24.9 Å². The summed E-state index contributed by atoms with van der Waals surface area (Å²) in [7, 11) is 1.28. The maximum atomic E-state index is 9.95. The number of nitrogens with one attached hydrogen (secondary N) is 1. The number of carbonyl (C=O) groups is 1. The molecule has 0 spiro atoms. The van der Waals surface area contributed by atoms with Gasteiger partial charge in [-0.15, -0.1) is 0 Å². The van der Waals surface area contributed by atoms with Crippen molar-refractivity contribution in [3.8, 4) is 0 Å². The zero-order valence-corrected chi connectivity index (χ0v) is 4.14. The van der Waals surface area contributed by atoms with Crippen molar-refractivity contribution >= 4 is 13.3 Å². The molecule has 0 aliphatic heterocycles. The zero-order valence-electron chi connectivity index (χ0n) is 4.14. The molecule has 0 saturated heterocycles. The minimum absolute atomic E-state index is 0.112. The normalized spacial score (nSPS) is 7.71. The van der Waals surface area contributed by atoms with E-state index in [9.17, 15) is 4.79 Å². The Morgan fingerprint density at radius 1 is 2.00 bits per heavy atom. The van der Waals surface area contributed by atoms with E-state index in [-0.39, 0.29) is 12.4 Å². The molecule has 0 aromatic heterocycles. The van der Waals surface area contributed by atoms with Crippen molar-refractivity contribution in [3.05, 3.63) is 0 Å². The minimum atomic E-state index is -0.158. The molecule has 0 unspecified atom stereocenters. The first kappa shape index (κ1) is 6.49. The van der Waals surface area contributed by atoms with Gasteiger partial charge in [0.1, 0.15) is 0 Å². The van der Waals surface area contributed by atoms with Gasteiger partial charge in [0.15, 0.2) is 0 Å². The van der Waals surface area contributed by atoms with Gasteiger partial charge in [-0.1, -0.05) is 0 Å². The van der Waals surface area contributed by atoms with E-state index < -0.39 is 0 Å². The highest BCUT2D eigenvalue weighted by molar-refractivity contribution is 6.36. The average Bonchev–Trinajstić information content (AvgIpc) is 1.61. The Balaban J connectivity index is 2.82. The molecule has 4 heteroatoms. The Labute approximate surface area is 43.0 Å². The van der Waals surface area contributed by atoms with Crippen molar-refractivity contribution < 1.29 is 9.90 Å². The molecule has 1 radical (unpaired) electrons. The van der Waals surface area contributed by atoms with Gasteiger partial charge < -0.3 is 10.3 Å². The van der Waals surface area contributed by atoms with Gasteiger partial charge in [-0.3, -0.25) is 4.79 Å². The number of amides is 1. The lowest BCUT2D eigenvalue weighted by atomic mass is 9.98. The summed E-state index contributed by atoms with van der Waals surface area (Å²) in [6.45, 7) is 1.27. The fraction of sp³-hybridized carbons (Fsp3) is 0.667. The Bertz CT molecular complexity index is 66.0. The van der Waals surface area contributed by atoms with Crippen LogP contribution in [0.15, 0.2) is 0 Å². The van der Waals surface area contributed by atoms with Crippen LogP contribution in [0.4, 0.5) is 0 Å². The Hall–Kier alpha value is -0.505. The number of hydrogen-bond donors (Lipinski definition) is 2. The van der Waals surface area contributed by atoms with Gasteiger partial charge in [-0.05, 0) is 0 Å². The van der Waals surface area contributed by atoms with Crippen LogP contribution in [0.3, 0.4) is 0 Å². The largest absolute Gasteiger partial charge is 0.403 e. The zero-order chi connectivity index (χ0) is 5.70. The molecule has 0 fully saturated rings. The smallest absolute Gasteiger partial charge is 0.274 e. The summed E-state index contributed by atoms with van der Waals surface area (Å²) >= 11 is 0. The van der Waals surface area contributed by atoms with Crippen molar-refractivity contribution in [1.29, 1.82) is 0 Å². The Morgan fingerprint density at radius 3 is 2.71 bits per heavy atom. The summed E-state index contributed by atoms with van der Waals surface area (Å²) in [6, 6.07) is 0. The molecule has 0 rings (SSSR count). The molecule has 0 aliphatic rings. The lowest BCUT2D eigenvalue weighted by molar-refractivity contribution is -0.117. The van der Waals surface area contributed by atoms with Crippen molar-refractivity contribution in [2.24, 2.45) is 0 Å². The van der Waals surface area contributed by atoms with Crippen LogP contribution >= 0.6 is 0 Å². The predicted molar refractivity (Wildman–Crippen MR) is 26.7 cm³/mol. The van der Waals surface area contributed by atoms with Crippen molar-refractivity contribution in [1.82, 2.24) is 5.23 Å². The van der Waals surface area contributed by atoms with Gasteiger partial charge in [-0.25, -0.2) is 0 Å². The first-order chi connectivity index (χ1) is 3.27. The standard InChI is InChI=1S/C3H7BNO2/c1-3(7)5-4-2-6/h6H,2H2,1H3,(H,5,7). The van der Waals surface area contributed by atoms with Gasteiger partial charge in [-0.2, -0.15) is 0 Å². The molecule has 0 bridgehead atoms. The Kier molecular flexibility index (Phi) is 3.41. The SMILES string of the molecule is CC(=O)N[B]CO. The van der Waals surface area contributed by atoms with E-state index in [1.165, 1.54) is 14.3 Å². The van der Waals surface area contributed by atoms with E-state index >= 15 is 0 Å². The highest BCUT2D eigenvalue weighted by atomic mass is 16.2. The molecule has 1 amide bonds. The van der Waals surface area contributed by atoms with E-state index in [1.54, 1.807) is 0 Å². The molecule has 0 heterocycles. The first-order valence-corrected chi connectivity index (χ1v) is 1.97. The molecule has 0 atom stereocenters. The van der Waals surface area contributed by atoms with Gasteiger partial charge in [0.05, 0.1) is 0 Å². The summed E-state index contributed by atoms with van der Waals surface area (Å²) in [5.74, 6) is -0.158. The molecule has 0 aromatic rings. The predicted octanol–water partition coefficient (Wildman–Crippen LogP) is -1.31. The van der Waals surface area contributed by atoms with Crippen LogP contribution in [0, 0.1) is 0 Å². The van der Waals surface area contributed by atoms with Crippen LogP contribution in [0.1, 0.15) is 6.92 Å². The third-order valence-electron chi connectivity index (χ3n) is 0.397. The molecular formula is C3H7BNO2. The van der Waals surface area contributed by atoms with Gasteiger partial charge in [0.25, 0.3) is 7.41 Å². The maximum Gasteiger partial charge on any atom is 0.274 e. The minimum Gasteiger partial charge on any atom is -0.403 e. The fourth-order valence-electron chi connectivity index (χ4n) is 0.189. The molecule has 39 valence electrons. The first-order valence-electron chi connectivity index (χ1n) is 1.97. The topological polar surface area (TPSA) is 49.3 Å². The lowest BCUT2D eigenvalue weighted by Gasteiger charge is -1.90. The molecular weight excluding hydrogens is 92.8 g/mol. The highest BCUT2D eigenvalue weighted by Gasteiger charge is 1.87. The van der Waals surface area contributed by atoms with E-state index in [1.807, 2.05) is 0 Å². The number of hydrogen-bond acceptors (Lipinski definition) is 2. The molecule has 7 heavy (non-hydrogen) atoms. The van der Waals surface area contributed by atoms with Gasteiger partial charge in [0, 0.05) is 13.4 Å². The summed E-state index contributed by atoms with van der Waals surface area (Å²) < 4.78 is 0. The molecule has 2 N–H and O–H groups in total. The number of rotatable bonds is 2. The highest BCUT2D eigenvalue weighted by Crippen LogP contribution is 1.53. The van der Waals surface area contributed by atoms with Gasteiger partial charge in [0.2, 0.25) is 5.91 Å². The van der Waals surface area contributed by atoms with E-state index in [2.05, 4.69) is 5.23 Å². The summed E-state index contributed by atoms with van der Waals surface area (Å²) in [5, 5.41) is 10.3. The van der Waals surface area contributed by atoms with E-state index in [0.717, 1.165) is 0 Å². The molecule has 0 aromatic carbocycles. The third kappa shape index (κ3) is 5.49. The maximum absolute atomic E-state index is 9.95. The molecule has 3 nitrogen and oxygen atoms in total. The van der Waals surface area contributed by atoms with Crippen LogP contribution in [0.2, 0.25) is 0 Å². The molecule has 0 aliphatic carbocycles. The van der Waals surface area contributed by atoms with Crippen LogP contribution < -0.4 is 5.23 Å². The van der Waals surface area contributed by atoms with E-state index in [0.29, 0.717) is 0 Å². The summed E-state index contributed by atoms with van der Waals surface area (Å²) in [5.41, 5.74) is 0. The van der Waals surface area contributed by atoms with Crippen LogP contribution in [0.5, 0.6) is 0 Å². The number of aliphatic hydroxyl groups is 1. The number of carbonyl (C=O) groups excluding carboxylic acids is 1. The van der Waals surface area contributed by atoms with Crippen molar-refractivity contribution in [2.45, 2.75) is 6.92 Å². The van der Waals surface area contributed by atoms with E-state index in [4.69, 9.17) is 5.11 Å². The third-order valence-corrected chi connectivity index (χ3v) is 0.397. The monoisotopic (exact) mass is 100 g/mol. The van der Waals surface area contributed by atoms with Gasteiger partial charge >= 0.3 is 0 Å². The lowest BCUT2D eigenvalue weighted by Crippen LogP contribution is -2.26. The van der Waals surface area contributed by atoms with Crippen LogP contribution in [0.25, 0.3) is 0 Å².